The number of hydrogen-bond acceptors (Lipinski definition) is 3. The lowest BCUT2D eigenvalue weighted by atomic mass is 10.1. The lowest BCUT2D eigenvalue weighted by Crippen LogP contribution is -2.37. The number of anilines is 1. The van der Waals surface area contributed by atoms with Gasteiger partial charge in [-0.2, -0.15) is 0 Å². The van der Waals surface area contributed by atoms with Gasteiger partial charge in [0.2, 0.25) is 5.91 Å². The van der Waals surface area contributed by atoms with Gasteiger partial charge in [0.15, 0.2) is 0 Å². The largest absolute Gasteiger partial charge is 0.494 e. The molecule has 4 heteroatoms. The van der Waals surface area contributed by atoms with Gasteiger partial charge >= 0.3 is 0 Å². The Kier molecular flexibility index (Phi) is 5.35. The molecule has 0 bridgehead atoms. The van der Waals surface area contributed by atoms with Crippen molar-refractivity contribution in [2.45, 2.75) is 19.4 Å². The molecule has 1 amide bonds. The van der Waals surface area contributed by atoms with Crippen LogP contribution >= 0.6 is 0 Å². The van der Waals surface area contributed by atoms with Crippen LogP contribution in [0.2, 0.25) is 0 Å². The highest BCUT2D eigenvalue weighted by atomic mass is 16.5. The molecule has 0 saturated heterocycles. The summed E-state index contributed by atoms with van der Waals surface area (Å²) >= 11 is 0. The number of nitrogens with two attached hydrogens (primary N) is 1. The molecule has 0 aliphatic carbocycles. The highest BCUT2D eigenvalue weighted by molar-refractivity contribution is 5.94. The van der Waals surface area contributed by atoms with Gasteiger partial charge in [0.1, 0.15) is 5.75 Å². The second-order valence-electron chi connectivity index (χ2n) is 4.74. The summed E-state index contributed by atoms with van der Waals surface area (Å²) < 4.78 is 5.35. The van der Waals surface area contributed by atoms with Crippen LogP contribution in [-0.2, 0) is 11.2 Å². The molecule has 0 fully saturated rings. The monoisotopic (exact) mass is 284 g/mol. The molecule has 4 nitrogen and oxygen atoms in total. The maximum atomic E-state index is 12.1. The minimum Gasteiger partial charge on any atom is -0.494 e. The second-order valence-corrected chi connectivity index (χ2v) is 4.74. The Hall–Kier alpha value is -2.33. The molecule has 2 aromatic rings. The van der Waals surface area contributed by atoms with E-state index >= 15 is 0 Å². The Morgan fingerprint density at radius 3 is 2.43 bits per heavy atom. The molecule has 0 aliphatic heterocycles. The zero-order valence-electron chi connectivity index (χ0n) is 12.1. The first-order chi connectivity index (χ1) is 10.2. The van der Waals surface area contributed by atoms with Gasteiger partial charge in [-0.1, -0.05) is 30.3 Å². The second kappa shape index (κ2) is 7.45. The highest BCUT2D eigenvalue weighted by Crippen LogP contribution is 2.16. The molecule has 0 unspecified atom stereocenters. The molecule has 21 heavy (non-hydrogen) atoms. The smallest absolute Gasteiger partial charge is 0.241 e. The molecule has 1 atom stereocenters. The van der Waals surface area contributed by atoms with Gasteiger partial charge in [-0.15, -0.1) is 0 Å². The van der Waals surface area contributed by atoms with Crippen LogP contribution in [0, 0.1) is 0 Å². The van der Waals surface area contributed by atoms with Gasteiger partial charge in [0.25, 0.3) is 0 Å². The van der Waals surface area contributed by atoms with E-state index in [2.05, 4.69) is 5.32 Å². The molecule has 0 spiro atoms. The van der Waals surface area contributed by atoms with Crippen molar-refractivity contribution >= 4 is 11.6 Å². The van der Waals surface area contributed by atoms with Crippen LogP contribution < -0.4 is 15.8 Å². The van der Waals surface area contributed by atoms with E-state index in [1.54, 1.807) is 12.1 Å². The van der Waals surface area contributed by atoms with E-state index in [1.807, 2.05) is 49.4 Å². The average molecular weight is 284 g/mol. The molecule has 0 heterocycles. The molecule has 0 aliphatic rings. The van der Waals surface area contributed by atoms with Crippen molar-refractivity contribution in [3.8, 4) is 5.75 Å². The van der Waals surface area contributed by atoms with Crippen molar-refractivity contribution in [2.24, 2.45) is 5.73 Å². The number of nitrogens with one attached hydrogen (secondary N) is 1. The predicted octanol–water partition coefficient (Wildman–Crippen LogP) is 2.59. The number of rotatable bonds is 6. The maximum absolute atomic E-state index is 12.1. The molecule has 0 aromatic heterocycles. The van der Waals surface area contributed by atoms with Crippen LogP contribution in [-0.4, -0.2) is 18.6 Å². The first-order valence-electron chi connectivity index (χ1n) is 7.02. The minimum atomic E-state index is -0.570. The van der Waals surface area contributed by atoms with Gasteiger partial charge < -0.3 is 15.8 Å². The number of hydrogen-bond donors (Lipinski definition) is 2. The normalized spacial score (nSPS) is 11.7. The third-order valence-electron chi connectivity index (χ3n) is 3.07. The fraction of sp³-hybridized carbons (Fsp3) is 0.235. The Morgan fingerprint density at radius 2 is 1.81 bits per heavy atom. The van der Waals surface area contributed by atoms with E-state index in [-0.39, 0.29) is 5.91 Å². The van der Waals surface area contributed by atoms with Crippen LogP contribution in [0.1, 0.15) is 12.5 Å². The van der Waals surface area contributed by atoms with Gasteiger partial charge in [0.05, 0.1) is 12.6 Å². The first-order valence-corrected chi connectivity index (χ1v) is 7.02. The van der Waals surface area contributed by atoms with Crippen molar-refractivity contribution in [3.05, 3.63) is 60.2 Å². The summed E-state index contributed by atoms with van der Waals surface area (Å²) in [5.41, 5.74) is 7.70. The van der Waals surface area contributed by atoms with Crippen LogP contribution in [0.5, 0.6) is 5.75 Å². The fourth-order valence-electron chi connectivity index (χ4n) is 2.00. The summed E-state index contributed by atoms with van der Waals surface area (Å²) in [6, 6.07) is 16.4. The molecule has 0 saturated carbocycles. The summed E-state index contributed by atoms with van der Waals surface area (Å²) in [6.07, 6.45) is 0.518. The van der Waals surface area contributed by atoms with Crippen molar-refractivity contribution in [1.29, 1.82) is 0 Å². The Balaban J connectivity index is 1.91. The fourth-order valence-corrected chi connectivity index (χ4v) is 2.00. The summed E-state index contributed by atoms with van der Waals surface area (Å²) in [5.74, 6) is 0.590. The van der Waals surface area contributed by atoms with E-state index in [0.717, 1.165) is 11.3 Å². The molecule has 2 rings (SSSR count). The zero-order valence-corrected chi connectivity index (χ0v) is 12.1. The van der Waals surface area contributed by atoms with Crippen LogP contribution in [0.15, 0.2) is 54.6 Å². The van der Waals surface area contributed by atoms with E-state index < -0.39 is 6.04 Å². The summed E-state index contributed by atoms with van der Waals surface area (Å²) in [7, 11) is 0. The summed E-state index contributed by atoms with van der Waals surface area (Å²) in [4.78, 5) is 12.1. The lowest BCUT2D eigenvalue weighted by Gasteiger charge is -2.12. The first kappa shape index (κ1) is 15.1. The molecular weight excluding hydrogens is 264 g/mol. The number of carbonyl (C=O) groups is 1. The van der Waals surface area contributed by atoms with E-state index in [9.17, 15) is 4.79 Å². The zero-order chi connectivity index (χ0) is 15.1. The maximum Gasteiger partial charge on any atom is 0.241 e. The molecule has 0 radical (unpaired) electrons. The van der Waals surface area contributed by atoms with Gasteiger partial charge in [-0.25, -0.2) is 0 Å². The third kappa shape index (κ3) is 4.61. The quantitative estimate of drug-likeness (QED) is 0.857. The topological polar surface area (TPSA) is 64.3 Å². The minimum absolute atomic E-state index is 0.192. The SMILES string of the molecule is CCOc1ccc(NC(=O)[C@H](N)Cc2ccccc2)cc1. The average Bonchev–Trinajstić information content (AvgIpc) is 2.50. The van der Waals surface area contributed by atoms with E-state index in [0.29, 0.717) is 18.7 Å². The van der Waals surface area contributed by atoms with Gasteiger partial charge in [0, 0.05) is 5.69 Å². The Morgan fingerprint density at radius 1 is 1.14 bits per heavy atom. The molecule has 3 N–H and O–H groups in total. The van der Waals surface area contributed by atoms with Crippen molar-refractivity contribution in [3.63, 3.8) is 0 Å². The third-order valence-corrected chi connectivity index (χ3v) is 3.07. The summed E-state index contributed by atoms with van der Waals surface area (Å²) in [6.45, 7) is 2.55. The van der Waals surface area contributed by atoms with Crippen molar-refractivity contribution < 1.29 is 9.53 Å². The standard InChI is InChI=1S/C17H20N2O2/c1-2-21-15-10-8-14(9-11-15)19-17(20)16(18)12-13-6-4-3-5-7-13/h3-11,16H,2,12,18H2,1H3,(H,19,20)/t16-/m1/s1. The number of amides is 1. The Bertz CT molecular complexity index is 567. The van der Waals surface area contributed by atoms with Crippen LogP contribution in [0.25, 0.3) is 0 Å². The van der Waals surface area contributed by atoms with Gasteiger partial charge in [-0.3, -0.25) is 4.79 Å². The Labute approximate surface area is 124 Å². The molecule has 2 aromatic carbocycles. The number of benzene rings is 2. The predicted molar refractivity (Wildman–Crippen MR) is 84.4 cm³/mol. The van der Waals surface area contributed by atoms with Crippen LogP contribution in [0.3, 0.4) is 0 Å². The molecule has 110 valence electrons. The summed E-state index contributed by atoms with van der Waals surface area (Å²) in [5, 5.41) is 2.81. The highest BCUT2D eigenvalue weighted by Gasteiger charge is 2.14. The lowest BCUT2D eigenvalue weighted by molar-refractivity contribution is -0.117. The van der Waals surface area contributed by atoms with Crippen LogP contribution in [0.4, 0.5) is 5.69 Å². The van der Waals surface area contributed by atoms with Gasteiger partial charge in [-0.05, 0) is 43.2 Å². The number of ether oxygens (including phenoxy) is 1. The molecular formula is C17H20N2O2. The van der Waals surface area contributed by atoms with E-state index in [1.165, 1.54) is 0 Å². The van der Waals surface area contributed by atoms with E-state index in [4.69, 9.17) is 10.5 Å². The van der Waals surface area contributed by atoms with Crippen molar-refractivity contribution in [2.75, 3.05) is 11.9 Å². The van der Waals surface area contributed by atoms with Crippen molar-refractivity contribution in [1.82, 2.24) is 0 Å². The number of carbonyl (C=O) groups excluding carboxylic acids is 1.